The highest BCUT2D eigenvalue weighted by atomic mass is 16.5. The molecule has 132 valence electrons. The highest BCUT2D eigenvalue weighted by Gasteiger charge is 2.30. The van der Waals surface area contributed by atoms with E-state index in [0.717, 1.165) is 12.1 Å². The van der Waals surface area contributed by atoms with Gasteiger partial charge in [-0.1, -0.05) is 36.4 Å². The third-order valence-corrected chi connectivity index (χ3v) is 3.41. The maximum Gasteiger partial charge on any atom is 0.408 e. The molecule has 2 atom stereocenters. The van der Waals surface area contributed by atoms with E-state index in [-0.39, 0.29) is 12.2 Å². The second-order valence-electron chi connectivity index (χ2n) is 5.21. The summed E-state index contributed by atoms with van der Waals surface area (Å²) < 4.78 is 4.92. The zero-order chi connectivity index (χ0) is 18.4. The van der Waals surface area contributed by atoms with E-state index in [1.165, 1.54) is 6.07 Å². The summed E-state index contributed by atoms with van der Waals surface area (Å²) in [4.78, 5) is 23.1. The number of aliphatic hydroxyl groups is 1. The van der Waals surface area contributed by atoms with Gasteiger partial charge in [-0.15, -0.1) is 0 Å². The molecule has 25 heavy (non-hydrogen) atoms. The molecule has 2 aromatic carbocycles. The number of aromatic hydroxyl groups is 2. The molecule has 0 aliphatic carbocycles. The lowest BCUT2D eigenvalue weighted by molar-refractivity contribution is -0.142. The number of hydrogen-bond acceptors (Lipinski definition) is 6. The van der Waals surface area contributed by atoms with Gasteiger partial charge in [0, 0.05) is 0 Å². The normalized spacial score (nSPS) is 12.8. The van der Waals surface area contributed by atoms with Crippen molar-refractivity contribution in [3.05, 3.63) is 59.7 Å². The molecule has 0 saturated carbocycles. The van der Waals surface area contributed by atoms with Gasteiger partial charge in [0.1, 0.15) is 12.7 Å². The van der Waals surface area contributed by atoms with Crippen LogP contribution < -0.4 is 5.32 Å². The van der Waals surface area contributed by atoms with Crippen molar-refractivity contribution in [2.24, 2.45) is 0 Å². The number of alkyl carbamates (subject to hydrolysis) is 1. The van der Waals surface area contributed by atoms with E-state index < -0.39 is 35.7 Å². The molecule has 0 aromatic heterocycles. The number of carboxylic acids is 1. The quantitative estimate of drug-likeness (QED) is 0.500. The van der Waals surface area contributed by atoms with Crippen molar-refractivity contribution in [1.82, 2.24) is 5.32 Å². The molecule has 0 fully saturated rings. The number of carbonyl (C=O) groups is 2. The molecule has 8 nitrogen and oxygen atoms in total. The van der Waals surface area contributed by atoms with Crippen molar-refractivity contribution in [2.45, 2.75) is 18.8 Å². The summed E-state index contributed by atoms with van der Waals surface area (Å²) in [7, 11) is 0. The van der Waals surface area contributed by atoms with Crippen LogP contribution in [0.5, 0.6) is 11.5 Å². The second-order valence-corrected chi connectivity index (χ2v) is 5.21. The first-order valence-electron chi connectivity index (χ1n) is 7.28. The fourth-order valence-corrected chi connectivity index (χ4v) is 2.08. The molecule has 0 bridgehead atoms. The zero-order valence-corrected chi connectivity index (χ0v) is 13.0. The van der Waals surface area contributed by atoms with Crippen molar-refractivity contribution in [1.29, 1.82) is 0 Å². The monoisotopic (exact) mass is 347 g/mol. The topological polar surface area (TPSA) is 136 Å². The van der Waals surface area contributed by atoms with Crippen LogP contribution in [-0.4, -0.2) is 38.5 Å². The van der Waals surface area contributed by atoms with Gasteiger partial charge in [0.05, 0.1) is 0 Å². The SMILES string of the molecule is O=C(NC(C(=O)O)C(O)c1ccc(O)c(O)c1)OCc1ccccc1. The van der Waals surface area contributed by atoms with E-state index >= 15 is 0 Å². The number of nitrogens with one attached hydrogen (secondary N) is 1. The summed E-state index contributed by atoms with van der Waals surface area (Å²) in [5.74, 6) is -2.43. The van der Waals surface area contributed by atoms with Crippen LogP contribution in [0.25, 0.3) is 0 Å². The van der Waals surface area contributed by atoms with Crippen LogP contribution in [0, 0.1) is 0 Å². The van der Waals surface area contributed by atoms with Gasteiger partial charge in [0.15, 0.2) is 17.5 Å². The molecule has 0 aliphatic rings. The number of aliphatic carboxylic acids is 1. The van der Waals surface area contributed by atoms with Gasteiger partial charge < -0.3 is 30.5 Å². The van der Waals surface area contributed by atoms with Crippen molar-refractivity contribution < 1.29 is 34.8 Å². The molecule has 0 saturated heterocycles. The largest absolute Gasteiger partial charge is 0.504 e. The van der Waals surface area contributed by atoms with Gasteiger partial charge in [-0.3, -0.25) is 0 Å². The average molecular weight is 347 g/mol. The number of amides is 1. The summed E-state index contributed by atoms with van der Waals surface area (Å²) in [6.07, 6.45) is -2.67. The Morgan fingerprint density at radius 3 is 2.32 bits per heavy atom. The third-order valence-electron chi connectivity index (χ3n) is 3.41. The molecule has 2 unspecified atom stereocenters. The van der Waals surface area contributed by atoms with E-state index in [1.807, 2.05) is 0 Å². The highest BCUT2D eigenvalue weighted by Crippen LogP contribution is 2.29. The van der Waals surface area contributed by atoms with Crippen molar-refractivity contribution >= 4 is 12.1 Å². The standard InChI is InChI=1S/C17H17NO7/c19-12-7-6-11(8-13(12)20)15(21)14(16(22)23)18-17(24)25-9-10-4-2-1-3-5-10/h1-8,14-15,19-21H,9H2,(H,18,24)(H,22,23). The fraction of sp³-hybridized carbons (Fsp3) is 0.176. The lowest BCUT2D eigenvalue weighted by Gasteiger charge is -2.20. The van der Waals surface area contributed by atoms with Gasteiger partial charge in [-0.05, 0) is 23.3 Å². The van der Waals surface area contributed by atoms with Crippen molar-refractivity contribution in [3.8, 4) is 11.5 Å². The third kappa shape index (κ3) is 4.85. The van der Waals surface area contributed by atoms with Crippen LogP contribution in [-0.2, 0) is 16.1 Å². The Balaban J connectivity index is 2.03. The molecule has 2 aromatic rings. The van der Waals surface area contributed by atoms with Gasteiger partial charge in [-0.25, -0.2) is 9.59 Å². The van der Waals surface area contributed by atoms with E-state index in [2.05, 4.69) is 5.32 Å². The summed E-state index contributed by atoms with van der Waals surface area (Å²) in [6, 6.07) is 10.4. The van der Waals surface area contributed by atoms with Crippen LogP contribution in [0.4, 0.5) is 4.79 Å². The predicted octanol–water partition coefficient (Wildman–Crippen LogP) is 1.51. The van der Waals surface area contributed by atoms with Crippen molar-refractivity contribution in [2.75, 3.05) is 0 Å². The predicted molar refractivity (Wildman–Crippen MR) is 85.9 cm³/mol. The van der Waals surface area contributed by atoms with Gasteiger partial charge in [-0.2, -0.15) is 0 Å². The summed E-state index contributed by atoms with van der Waals surface area (Å²) >= 11 is 0. The summed E-state index contributed by atoms with van der Waals surface area (Å²) in [5.41, 5.74) is 0.722. The minimum Gasteiger partial charge on any atom is -0.504 e. The van der Waals surface area contributed by atoms with Crippen LogP contribution in [0.2, 0.25) is 0 Å². The van der Waals surface area contributed by atoms with E-state index in [4.69, 9.17) is 4.74 Å². The maximum absolute atomic E-state index is 11.8. The Kier molecular flexibility index (Phi) is 5.80. The number of carbonyl (C=O) groups excluding carboxylic acids is 1. The lowest BCUT2D eigenvalue weighted by Crippen LogP contribution is -2.45. The average Bonchev–Trinajstić information content (AvgIpc) is 2.60. The molecule has 0 spiro atoms. The molecule has 0 aliphatic heterocycles. The molecule has 8 heteroatoms. The molecule has 5 N–H and O–H groups in total. The molecule has 0 radical (unpaired) electrons. The number of benzene rings is 2. The first-order chi connectivity index (χ1) is 11.9. The van der Waals surface area contributed by atoms with Crippen LogP contribution >= 0.6 is 0 Å². The first-order valence-corrected chi connectivity index (χ1v) is 7.28. The van der Waals surface area contributed by atoms with Crippen LogP contribution in [0.1, 0.15) is 17.2 Å². The number of phenolic OH excluding ortho intramolecular Hbond substituents is 2. The van der Waals surface area contributed by atoms with E-state index in [1.54, 1.807) is 30.3 Å². The van der Waals surface area contributed by atoms with Crippen molar-refractivity contribution in [3.63, 3.8) is 0 Å². The Morgan fingerprint density at radius 1 is 1.04 bits per heavy atom. The number of carboxylic acid groups (broad SMARTS) is 1. The molecule has 2 rings (SSSR count). The zero-order valence-electron chi connectivity index (χ0n) is 13.0. The lowest BCUT2D eigenvalue weighted by atomic mass is 10.0. The molecule has 1 amide bonds. The Hall–Kier alpha value is -3.26. The first kappa shape index (κ1) is 18.1. The highest BCUT2D eigenvalue weighted by molar-refractivity contribution is 5.80. The maximum atomic E-state index is 11.8. The van der Waals surface area contributed by atoms with Gasteiger partial charge in [0.25, 0.3) is 0 Å². The smallest absolute Gasteiger partial charge is 0.408 e. The number of hydrogen-bond donors (Lipinski definition) is 5. The minimum absolute atomic E-state index is 0.00561. The summed E-state index contributed by atoms with van der Waals surface area (Å²) in [6.45, 7) is -0.0604. The molecular weight excluding hydrogens is 330 g/mol. The number of phenols is 2. The van der Waals surface area contributed by atoms with E-state index in [9.17, 15) is 30.0 Å². The van der Waals surface area contributed by atoms with Gasteiger partial charge >= 0.3 is 12.1 Å². The number of ether oxygens (including phenoxy) is 1. The van der Waals surface area contributed by atoms with E-state index in [0.29, 0.717) is 5.56 Å². The Labute approximate surface area is 142 Å². The second kappa shape index (κ2) is 8.02. The molecule has 0 heterocycles. The molecular formula is C17H17NO7. The summed E-state index contributed by atoms with van der Waals surface area (Å²) in [5, 5.41) is 40.1. The fourth-order valence-electron chi connectivity index (χ4n) is 2.08. The minimum atomic E-state index is -1.70. The number of aliphatic hydroxyl groups excluding tert-OH is 1. The van der Waals surface area contributed by atoms with Crippen LogP contribution in [0.15, 0.2) is 48.5 Å². The Bertz CT molecular complexity index is 748. The van der Waals surface area contributed by atoms with Crippen LogP contribution in [0.3, 0.4) is 0 Å². The Morgan fingerprint density at radius 2 is 1.72 bits per heavy atom. The van der Waals surface area contributed by atoms with Gasteiger partial charge in [0.2, 0.25) is 0 Å². The number of rotatable bonds is 6.